The van der Waals surface area contributed by atoms with E-state index in [1.165, 1.54) is 13.2 Å². The number of nitrogens with one attached hydrogen (secondary N) is 1. The second-order valence-corrected chi connectivity index (χ2v) is 4.71. The second-order valence-electron chi connectivity index (χ2n) is 4.71. The van der Waals surface area contributed by atoms with E-state index in [1.807, 2.05) is 19.9 Å². The van der Waals surface area contributed by atoms with Gasteiger partial charge in [0.05, 0.1) is 12.7 Å². The number of Topliss-reactive ketones (excluding diaryl/α,β-unsaturated/α-hetero) is 1. The zero-order valence-corrected chi connectivity index (χ0v) is 12.2. The number of ether oxygens (including phenoxy) is 1. The molecule has 1 aromatic carbocycles. The molecule has 106 valence electrons. The van der Waals surface area contributed by atoms with Gasteiger partial charge in [-0.1, -0.05) is 18.6 Å². The highest BCUT2D eigenvalue weighted by molar-refractivity contribution is 6.45. The predicted octanol–water partition coefficient (Wildman–Crippen LogP) is 3.24. The van der Waals surface area contributed by atoms with Crippen molar-refractivity contribution in [3.05, 3.63) is 40.5 Å². The predicted molar refractivity (Wildman–Crippen MR) is 79.2 cm³/mol. The number of carbonyl (C=O) groups is 2. The number of ketones is 1. The van der Waals surface area contributed by atoms with E-state index in [9.17, 15) is 9.59 Å². The molecule has 0 saturated carbocycles. The monoisotopic (exact) mass is 273 g/mol. The SMILES string of the molecule is CCC(=O)C(=N)c1cc(C=C(C)C)cc(C(=O)OC)c1. The van der Waals surface area contributed by atoms with E-state index in [0.29, 0.717) is 11.1 Å². The maximum atomic E-state index is 11.7. The maximum Gasteiger partial charge on any atom is 0.337 e. The normalized spacial score (nSPS) is 9.80. The Morgan fingerprint density at radius 3 is 2.30 bits per heavy atom. The van der Waals surface area contributed by atoms with Crippen LogP contribution in [-0.4, -0.2) is 24.6 Å². The lowest BCUT2D eigenvalue weighted by Gasteiger charge is -2.07. The number of allylic oxidation sites excluding steroid dienone is 1. The molecule has 4 heteroatoms. The first kappa shape index (κ1) is 15.8. The van der Waals surface area contributed by atoms with Crippen molar-refractivity contribution < 1.29 is 14.3 Å². The van der Waals surface area contributed by atoms with Crippen LogP contribution in [0.2, 0.25) is 0 Å². The van der Waals surface area contributed by atoms with Crippen LogP contribution in [0.1, 0.15) is 48.7 Å². The molecular formula is C16H19NO3. The van der Waals surface area contributed by atoms with E-state index < -0.39 is 5.97 Å². The molecule has 1 N–H and O–H groups in total. The van der Waals surface area contributed by atoms with Crippen LogP contribution in [0.25, 0.3) is 6.08 Å². The fourth-order valence-electron chi connectivity index (χ4n) is 1.79. The molecule has 20 heavy (non-hydrogen) atoms. The quantitative estimate of drug-likeness (QED) is 0.661. The van der Waals surface area contributed by atoms with Crippen LogP contribution in [0.15, 0.2) is 23.8 Å². The highest BCUT2D eigenvalue weighted by Gasteiger charge is 2.14. The van der Waals surface area contributed by atoms with Crippen LogP contribution in [0.3, 0.4) is 0 Å². The van der Waals surface area contributed by atoms with Crippen molar-refractivity contribution >= 4 is 23.5 Å². The van der Waals surface area contributed by atoms with Crippen molar-refractivity contribution in [3.8, 4) is 0 Å². The second kappa shape index (κ2) is 6.80. The van der Waals surface area contributed by atoms with Crippen LogP contribution in [0, 0.1) is 5.41 Å². The fourth-order valence-corrected chi connectivity index (χ4v) is 1.79. The van der Waals surface area contributed by atoms with Crippen molar-refractivity contribution in [2.45, 2.75) is 27.2 Å². The van der Waals surface area contributed by atoms with E-state index in [1.54, 1.807) is 19.1 Å². The Morgan fingerprint density at radius 2 is 1.80 bits per heavy atom. The number of benzene rings is 1. The Hall–Kier alpha value is -2.23. The number of hydrogen-bond acceptors (Lipinski definition) is 4. The first-order valence-electron chi connectivity index (χ1n) is 6.39. The summed E-state index contributed by atoms with van der Waals surface area (Å²) in [4.78, 5) is 23.3. The van der Waals surface area contributed by atoms with Crippen LogP contribution >= 0.6 is 0 Å². The third-order valence-corrected chi connectivity index (χ3v) is 2.72. The fraction of sp³-hybridized carbons (Fsp3) is 0.312. The van der Waals surface area contributed by atoms with Gasteiger partial charge in [-0.15, -0.1) is 0 Å². The zero-order chi connectivity index (χ0) is 15.3. The van der Waals surface area contributed by atoms with Gasteiger partial charge < -0.3 is 4.74 Å². The van der Waals surface area contributed by atoms with Gasteiger partial charge in [0.1, 0.15) is 5.71 Å². The molecule has 0 atom stereocenters. The summed E-state index contributed by atoms with van der Waals surface area (Å²) in [5.41, 5.74) is 2.53. The van der Waals surface area contributed by atoms with Gasteiger partial charge in [-0.3, -0.25) is 10.2 Å². The summed E-state index contributed by atoms with van der Waals surface area (Å²) < 4.78 is 4.70. The highest BCUT2D eigenvalue weighted by Crippen LogP contribution is 2.16. The minimum Gasteiger partial charge on any atom is -0.465 e. The summed E-state index contributed by atoms with van der Waals surface area (Å²) in [6.45, 7) is 5.58. The van der Waals surface area contributed by atoms with Gasteiger partial charge in [0.15, 0.2) is 5.78 Å². The Kier molecular flexibility index (Phi) is 5.38. The van der Waals surface area contributed by atoms with Crippen molar-refractivity contribution in [2.24, 2.45) is 0 Å². The van der Waals surface area contributed by atoms with E-state index in [2.05, 4.69) is 0 Å². The average molecular weight is 273 g/mol. The number of rotatable bonds is 5. The molecule has 0 bridgehead atoms. The molecule has 0 aromatic heterocycles. The highest BCUT2D eigenvalue weighted by atomic mass is 16.5. The third-order valence-electron chi connectivity index (χ3n) is 2.72. The van der Waals surface area contributed by atoms with Crippen molar-refractivity contribution in [1.82, 2.24) is 0 Å². The van der Waals surface area contributed by atoms with E-state index in [4.69, 9.17) is 10.1 Å². The minimum atomic E-state index is -0.480. The molecule has 0 unspecified atom stereocenters. The summed E-state index contributed by atoms with van der Waals surface area (Å²) in [6, 6.07) is 4.94. The van der Waals surface area contributed by atoms with Gasteiger partial charge in [0.25, 0.3) is 0 Å². The molecule has 0 aliphatic heterocycles. The molecule has 0 heterocycles. The summed E-state index contributed by atoms with van der Waals surface area (Å²) in [5, 5.41) is 7.89. The maximum absolute atomic E-state index is 11.7. The van der Waals surface area contributed by atoms with Gasteiger partial charge in [0, 0.05) is 12.0 Å². The summed E-state index contributed by atoms with van der Waals surface area (Å²) in [7, 11) is 1.30. The van der Waals surface area contributed by atoms with Gasteiger partial charge in [-0.2, -0.15) is 0 Å². The Bertz CT molecular complexity index is 581. The summed E-state index contributed by atoms with van der Waals surface area (Å²) in [5.74, 6) is -0.734. The van der Waals surface area contributed by atoms with Crippen LogP contribution in [0.5, 0.6) is 0 Å². The first-order chi connectivity index (χ1) is 9.38. The molecule has 0 saturated heterocycles. The lowest BCUT2D eigenvalue weighted by atomic mass is 9.98. The Balaban J connectivity index is 3.37. The molecule has 1 rings (SSSR count). The molecule has 4 nitrogen and oxygen atoms in total. The molecule has 1 aromatic rings. The number of hydrogen-bond donors (Lipinski definition) is 1. The van der Waals surface area contributed by atoms with Gasteiger partial charge in [0.2, 0.25) is 0 Å². The molecule has 0 fully saturated rings. The van der Waals surface area contributed by atoms with Crippen molar-refractivity contribution in [1.29, 1.82) is 5.41 Å². The Labute approximate surface area is 119 Å². The van der Waals surface area contributed by atoms with Crippen molar-refractivity contribution in [3.63, 3.8) is 0 Å². The molecule has 0 amide bonds. The molecule has 0 aliphatic rings. The molecule has 0 aliphatic carbocycles. The first-order valence-corrected chi connectivity index (χ1v) is 6.39. The lowest BCUT2D eigenvalue weighted by Crippen LogP contribution is -2.14. The minimum absolute atomic E-state index is 0.0818. The molecule has 0 radical (unpaired) electrons. The summed E-state index contributed by atoms with van der Waals surface area (Å²) in [6.07, 6.45) is 2.15. The third kappa shape index (κ3) is 3.88. The smallest absolute Gasteiger partial charge is 0.337 e. The summed E-state index contributed by atoms with van der Waals surface area (Å²) >= 11 is 0. The van der Waals surface area contributed by atoms with Crippen LogP contribution in [0.4, 0.5) is 0 Å². The van der Waals surface area contributed by atoms with Gasteiger partial charge in [-0.25, -0.2) is 4.79 Å². The topological polar surface area (TPSA) is 67.2 Å². The molecule has 0 spiro atoms. The average Bonchev–Trinajstić information content (AvgIpc) is 2.43. The lowest BCUT2D eigenvalue weighted by molar-refractivity contribution is -0.112. The standard InChI is InChI=1S/C16H19NO3/c1-5-14(18)15(17)12-7-11(6-10(2)3)8-13(9-12)16(19)20-4/h6-9,17H,5H2,1-4H3. The van der Waals surface area contributed by atoms with Crippen LogP contribution < -0.4 is 0 Å². The zero-order valence-electron chi connectivity index (χ0n) is 12.2. The van der Waals surface area contributed by atoms with Crippen molar-refractivity contribution in [2.75, 3.05) is 7.11 Å². The van der Waals surface area contributed by atoms with Gasteiger partial charge in [-0.05, 0) is 37.6 Å². The number of carbonyl (C=O) groups excluding carboxylic acids is 2. The Morgan fingerprint density at radius 1 is 1.20 bits per heavy atom. The largest absolute Gasteiger partial charge is 0.465 e. The van der Waals surface area contributed by atoms with Gasteiger partial charge >= 0.3 is 5.97 Å². The molecular weight excluding hydrogens is 254 g/mol. The van der Waals surface area contributed by atoms with E-state index in [0.717, 1.165) is 11.1 Å². The number of methoxy groups -OCH3 is 1. The van der Waals surface area contributed by atoms with Crippen LogP contribution in [-0.2, 0) is 9.53 Å². The number of esters is 1. The van der Waals surface area contributed by atoms with E-state index in [-0.39, 0.29) is 17.9 Å². The van der Waals surface area contributed by atoms with E-state index >= 15 is 0 Å².